The van der Waals surface area contributed by atoms with E-state index in [1.54, 1.807) is 24.3 Å². The molecule has 4 N–H and O–H groups in total. The van der Waals surface area contributed by atoms with Gasteiger partial charge in [-0.2, -0.15) is 0 Å². The zero-order chi connectivity index (χ0) is 19.9. The lowest BCUT2D eigenvalue weighted by molar-refractivity contribution is 0.0697. The number of carbonyl (C=O) groups excluding carboxylic acids is 2. The third kappa shape index (κ3) is 5.31. The Morgan fingerprint density at radius 3 is 2.32 bits per heavy atom. The molecule has 0 bridgehead atoms. The van der Waals surface area contributed by atoms with Gasteiger partial charge >= 0.3 is 12.0 Å². The lowest BCUT2D eigenvalue weighted by Crippen LogP contribution is -2.35. The van der Waals surface area contributed by atoms with Gasteiger partial charge in [-0.25, -0.2) is 9.59 Å². The van der Waals surface area contributed by atoms with Crippen LogP contribution in [0.1, 0.15) is 33.6 Å². The molecule has 3 amide bonds. The molecular weight excluding hydrogens is 362 g/mol. The number of nitrogens with one attached hydrogen (secondary N) is 3. The first-order valence-electron chi connectivity index (χ1n) is 8.92. The molecule has 1 unspecified atom stereocenters. The summed E-state index contributed by atoms with van der Waals surface area (Å²) in [4.78, 5) is 35.2. The fourth-order valence-corrected chi connectivity index (χ4v) is 2.82. The third-order valence-electron chi connectivity index (χ3n) is 4.29. The molecule has 0 radical (unpaired) electrons. The van der Waals surface area contributed by atoms with Crippen molar-refractivity contribution >= 4 is 29.3 Å². The summed E-state index contributed by atoms with van der Waals surface area (Å²) in [6, 6.07) is 12.1. The SMILES string of the molecule is O=C(NCC1CCCO1)Nc1ccc(NC(=O)c2cccc(C(=O)O)c2)cc1. The van der Waals surface area contributed by atoms with Crippen LogP contribution in [0.25, 0.3) is 0 Å². The lowest BCUT2D eigenvalue weighted by atomic mass is 10.1. The highest BCUT2D eigenvalue weighted by atomic mass is 16.5. The average Bonchev–Trinajstić information content (AvgIpc) is 3.21. The highest BCUT2D eigenvalue weighted by Crippen LogP contribution is 2.16. The van der Waals surface area contributed by atoms with Crippen molar-refractivity contribution in [3.63, 3.8) is 0 Å². The van der Waals surface area contributed by atoms with Crippen LogP contribution in [-0.2, 0) is 4.74 Å². The number of carboxylic acids is 1. The molecule has 2 aromatic rings. The molecule has 0 aromatic heterocycles. The highest BCUT2D eigenvalue weighted by molar-refractivity contribution is 6.05. The van der Waals surface area contributed by atoms with Gasteiger partial charge in [-0.15, -0.1) is 0 Å². The maximum Gasteiger partial charge on any atom is 0.335 e. The molecule has 1 atom stereocenters. The number of ether oxygens (including phenoxy) is 1. The Labute approximate surface area is 161 Å². The van der Waals surface area contributed by atoms with Crippen LogP contribution in [0.5, 0.6) is 0 Å². The summed E-state index contributed by atoms with van der Waals surface area (Å²) in [5, 5.41) is 17.2. The molecule has 146 valence electrons. The monoisotopic (exact) mass is 383 g/mol. The number of rotatable bonds is 6. The summed E-state index contributed by atoms with van der Waals surface area (Å²) in [5.41, 5.74) is 1.39. The number of hydrogen-bond acceptors (Lipinski definition) is 4. The van der Waals surface area contributed by atoms with Gasteiger partial charge in [0.2, 0.25) is 0 Å². The molecule has 1 aliphatic rings. The largest absolute Gasteiger partial charge is 0.478 e. The van der Waals surface area contributed by atoms with Crippen molar-refractivity contribution < 1.29 is 24.2 Å². The van der Waals surface area contributed by atoms with Crippen LogP contribution in [0, 0.1) is 0 Å². The molecule has 1 aliphatic heterocycles. The smallest absolute Gasteiger partial charge is 0.335 e. The Morgan fingerprint density at radius 2 is 1.68 bits per heavy atom. The minimum Gasteiger partial charge on any atom is -0.478 e. The van der Waals surface area contributed by atoms with Crippen LogP contribution >= 0.6 is 0 Å². The Balaban J connectivity index is 1.52. The number of anilines is 2. The summed E-state index contributed by atoms with van der Waals surface area (Å²) < 4.78 is 5.45. The van der Waals surface area contributed by atoms with E-state index in [0.29, 0.717) is 17.9 Å². The van der Waals surface area contributed by atoms with Crippen molar-refractivity contribution in [3.8, 4) is 0 Å². The zero-order valence-corrected chi connectivity index (χ0v) is 15.1. The summed E-state index contributed by atoms with van der Waals surface area (Å²) in [7, 11) is 0. The highest BCUT2D eigenvalue weighted by Gasteiger charge is 2.16. The predicted octanol–water partition coefficient (Wildman–Crippen LogP) is 2.94. The second-order valence-electron chi connectivity index (χ2n) is 6.39. The van der Waals surface area contributed by atoms with Crippen LogP contribution < -0.4 is 16.0 Å². The third-order valence-corrected chi connectivity index (χ3v) is 4.29. The maximum atomic E-state index is 12.3. The summed E-state index contributed by atoms with van der Waals surface area (Å²) in [6.07, 6.45) is 2.04. The van der Waals surface area contributed by atoms with Crippen molar-refractivity contribution in [1.82, 2.24) is 5.32 Å². The maximum absolute atomic E-state index is 12.3. The van der Waals surface area contributed by atoms with Crippen molar-refractivity contribution in [1.29, 1.82) is 0 Å². The van der Waals surface area contributed by atoms with Crippen LogP contribution in [0.4, 0.5) is 16.2 Å². The predicted molar refractivity (Wildman–Crippen MR) is 104 cm³/mol. The number of benzene rings is 2. The first-order valence-corrected chi connectivity index (χ1v) is 8.92. The van der Waals surface area contributed by atoms with Crippen LogP contribution in [0.3, 0.4) is 0 Å². The van der Waals surface area contributed by atoms with E-state index in [9.17, 15) is 14.4 Å². The number of hydrogen-bond donors (Lipinski definition) is 4. The van der Waals surface area contributed by atoms with Crippen LogP contribution in [0.2, 0.25) is 0 Å². The number of carboxylic acid groups (broad SMARTS) is 1. The summed E-state index contributed by atoms with van der Waals surface area (Å²) in [5.74, 6) is -1.51. The fourth-order valence-electron chi connectivity index (χ4n) is 2.82. The molecule has 28 heavy (non-hydrogen) atoms. The van der Waals surface area contributed by atoms with Gasteiger partial charge in [0.25, 0.3) is 5.91 Å². The number of urea groups is 1. The van der Waals surface area contributed by atoms with Gasteiger partial charge in [0.15, 0.2) is 0 Å². The molecule has 1 saturated heterocycles. The molecule has 0 saturated carbocycles. The first-order chi connectivity index (χ1) is 13.5. The van der Waals surface area contributed by atoms with E-state index in [1.807, 2.05) is 0 Å². The number of amides is 3. The minimum atomic E-state index is -1.09. The first kappa shape index (κ1) is 19.4. The van der Waals surface area contributed by atoms with Gasteiger partial charge in [-0.05, 0) is 55.3 Å². The molecule has 0 aliphatic carbocycles. The summed E-state index contributed by atoms with van der Waals surface area (Å²) in [6.45, 7) is 1.21. The van der Waals surface area contributed by atoms with Crippen molar-refractivity contribution in [3.05, 3.63) is 59.7 Å². The van der Waals surface area contributed by atoms with E-state index in [1.165, 1.54) is 24.3 Å². The van der Waals surface area contributed by atoms with Crippen LogP contribution in [-0.4, -0.2) is 42.3 Å². The quantitative estimate of drug-likeness (QED) is 0.612. The van der Waals surface area contributed by atoms with E-state index < -0.39 is 11.9 Å². The fraction of sp³-hybridized carbons (Fsp3) is 0.250. The number of aromatic carboxylic acids is 1. The van der Waals surface area contributed by atoms with Crippen LogP contribution in [0.15, 0.2) is 48.5 Å². The normalized spacial score (nSPS) is 15.6. The van der Waals surface area contributed by atoms with Crippen molar-refractivity contribution in [2.75, 3.05) is 23.8 Å². The van der Waals surface area contributed by atoms with Gasteiger partial charge in [0, 0.05) is 30.1 Å². The molecule has 1 fully saturated rings. The summed E-state index contributed by atoms with van der Waals surface area (Å²) >= 11 is 0. The molecule has 0 spiro atoms. The van der Waals surface area contributed by atoms with E-state index >= 15 is 0 Å². The molecule has 3 rings (SSSR count). The molecule has 1 heterocycles. The minimum absolute atomic E-state index is 0.0428. The second-order valence-corrected chi connectivity index (χ2v) is 6.39. The Kier molecular flexibility index (Phi) is 6.23. The van der Waals surface area contributed by atoms with E-state index in [-0.39, 0.29) is 23.3 Å². The van der Waals surface area contributed by atoms with Gasteiger partial charge < -0.3 is 25.8 Å². The van der Waals surface area contributed by atoms with Gasteiger partial charge in [-0.3, -0.25) is 4.79 Å². The Hall–Kier alpha value is -3.39. The topological polar surface area (TPSA) is 117 Å². The van der Waals surface area contributed by atoms with E-state index in [2.05, 4.69) is 16.0 Å². The average molecular weight is 383 g/mol. The van der Waals surface area contributed by atoms with Gasteiger partial charge in [0.05, 0.1) is 11.7 Å². The Morgan fingerprint density at radius 1 is 1.00 bits per heavy atom. The van der Waals surface area contributed by atoms with Crippen molar-refractivity contribution in [2.45, 2.75) is 18.9 Å². The zero-order valence-electron chi connectivity index (χ0n) is 15.1. The molecule has 8 heteroatoms. The standard InChI is InChI=1S/C20H21N3O5/c24-18(13-3-1-4-14(11-13)19(25)26)22-15-6-8-16(9-7-15)23-20(27)21-12-17-5-2-10-28-17/h1,3-4,6-9,11,17H,2,5,10,12H2,(H,22,24)(H,25,26)(H2,21,23,27). The van der Waals surface area contributed by atoms with Crippen molar-refractivity contribution in [2.24, 2.45) is 0 Å². The second kappa shape index (κ2) is 9.01. The van der Waals surface area contributed by atoms with E-state index in [4.69, 9.17) is 9.84 Å². The Bertz CT molecular complexity index is 860. The van der Waals surface area contributed by atoms with E-state index in [0.717, 1.165) is 19.4 Å². The van der Waals surface area contributed by atoms with Gasteiger partial charge in [0.1, 0.15) is 0 Å². The molecule has 8 nitrogen and oxygen atoms in total. The molecular formula is C20H21N3O5. The van der Waals surface area contributed by atoms with Gasteiger partial charge in [-0.1, -0.05) is 6.07 Å². The lowest BCUT2D eigenvalue weighted by Gasteiger charge is -2.12. The number of carbonyl (C=O) groups is 3. The molecule has 2 aromatic carbocycles.